The summed E-state index contributed by atoms with van der Waals surface area (Å²) in [5.41, 5.74) is 1.96. The minimum Gasteiger partial charge on any atom is -0.393 e. The number of aliphatic hydroxyl groups excluding tert-OH is 1. The van der Waals surface area contributed by atoms with Crippen LogP contribution in [0.25, 0.3) is 5.52 Å². The van der Waals surface area contributed by atoms with Crippen LogP contribution >= 0.6 is 0 Å². The Bertz CT molecular complexity index is 492. The molecule has 0 bridgehead atoms. The zero-order valence-electron chi connectivity index (χ0n) is 10.2. The Morgan fingerprint density at radius 2 is 2.35 bits per heavy atom. The van der Waals surface area contributed by atoms with Crippen molar-refractivity contribution in [3.05, 3.63) is 24.2 Å². The summed E-state index contributed by atoms with van der Waals surface area (Å²) in [6, 6.07) is 2.00. The molecule has 0 amide bonds. The highest BCUT2D eigenvalue weighted by Gasteiger charge is 2.04. The van der Waals surface area contributed by atoms with Gasteiger partial charge in [0, 0.05) is 18.9 Å². The van der Waals surface area contributed by atoms with Gasteiger partial charge in [0.05, 0.1) is 11.8 Å². The number of aromatic nitrogens is 3. The Hall–Kier alpha value is -1.62. The maximum Gasteiger partial charge on any atom is 0.152 e. The maximum absolute atomic E-state index is 9.17. The number of nitrogens with zero attached hydrogens (tertiary/aromatic N) is 3. The molecule has 2 heterocycles. The first-order chi connectivity index (χ1) is 8.16. The monoisotopic (exact) mass is 234 g/mol. The van der Waals surface area contributed by atoms with Crippen molar-refractivity contribution < 1.29 is 5.11 Å². The van der Waals surface area contributed by atoms with Gasteiger partial charge < -0.3 is 10.4 Å². The first kappa shape index (κ1) is 11.9. The minimum absolute atomic E-state index is 0.238. The van der Waals surface area contributed by atoms with Crippen molar-refractivity contribution in [2.24, 2.45) is 0 Å². The summed E-state index contributed by atoms with van der Waals surface area (Å²) >= 11 is 0. The van der Waals surface area contributed by atoms with Crippen molar-refractivity contribution in [3.8, 4) is 0 Å². The highest BCUT2D eigenvalue weighted by Crippen LogP contribution is 2.14. The Morgan fingerprint density at radius 3 is 3.12 bits per heavy atom. The lowest BCUT2D eigenvalue weighted by Gasteiger charge is -2.07. The molecule has 17 heavy (non-hydrogen) atoms. The van der Waals surface area contributed by atoms with E-state index in [9.17, 15) is 0 Å². The molecular formula is C12H18N4O. The van der Waals surface area contributed by atoms with E-state index in [2.05, 4.69) is 15.4 Å². The molecule has 2 aromatic rings. The second-order valence-corrected chi connectivity index (χ2v) is 4.31. The van der Waals surface area contributed by atoms with Crippen LogP contribution < -0.4 is 5.32 Å². The maximum atomic E-state index is 9.17. The molecule has 1 atom stereocenters. The third-order valence-corrected chi connectivity index (χ3v) is 2.60. The van der Waals surface area contributed by atoms with Crippen molar-refractivity contribution >= 4 is 11.3 Å². The third-order valence-electron chi connectivity index (χ3n) is 2.60. The lowest BCUT2D eigenvalue weighted by molar-refractivity contribution is 0.183. The predicted molar refractivity (Wildman–Crippen MR) is 67.1 cm³/mol. The summed E-state index contributed by atoms with van der Waals surface area (Å²) in [6.45, 7) is 4.57. The zero-order valence-corrected chi connectivity index (χ0v) is 10.2. The molecule has 0 aromatic carbocycles. The average Bonchev–Trinajstić information content (AvgIpc) is 2.65. The average molecular weight is 234 g/mol. The van der Waals surface area contributed by atoms with Crippen molar-refractivity contribution in [1.29, 1.82) is 0 Å². The van der Waals surface area contributed by atoms with Gasteiger partial charge in [-0.25, -0.2) is 9.50 Å². The number of hydrogen-bond acceptors (Lipinski definition) is 4. The van der Waals surface area contributed by atoms with Crippen LogP contribution in [-0.4, -0.2) is 32.4 Å². The van der Waals surface area contributed by atoms with E-state index in [0.717, 1.165) is 36.4 Å². The van der Waals surface area contributed by atoms with Crippen molar-refractivity contribution in [3.63, 3.8) is 0 Å². The van der Waals surface area contributed by atoms with Crippen LogP contribution in [-0.2, 0) is 0 Å². The van der Waals surface area contributed by atoms with Crippen LogP contribution in [0.4, 0.5) is 5.82 Å². The molecule has 0 aliphatic heterocycles. The van der Waals surface area contributed by atoms with Gasteiger partial charge >= 0.3 is 0 Å². The van der Waals surface area contributed by atoms with Crippen LogP contribution in [0.5, 0.6) is 0 Å². The van der Waals surface area contributed by atoms with Gasteiger partial charge in [0.25, 0.3) is 0 Å². The van der Waals surface area contributed by atoms with Crippen molar-refractivity contribution in [2.45, 2.75) is 32.8 Å². The van der Waals surface area contributed by atoms with Gasteiger partial charge in [-0.2, -0.15) is 5.10 Å². The number of hydrogen-bond donors (Lipinski definition) is 2. The lowest BCUT2D eigenvalue weighted by Crippen LogP contribution is -2.08. The van der Waals surface area contributed by atoms with E-state index in [-0.39, 0.29) is 6.10 Å². The minimum atomic E-state index is -0.238. The second kappa shape index (κ2) is 5.14. The highest BCUT2D eigenvalue weighted by molar-refractivity contribution is 5.67. The topological polar surface area (TPSA) is 62.5 Å². The van der Waals surface area contributed by atoms with Crippen LogP contribution in [0.15, 0.2) is 18.5 Å². The summed E-state index contributed by atoms with van der Waals surface area (Å²) in [5.74, 6) is 0.846. The standard InChI is InChI=1S/C12H18N4O/c1-9-8-11-12(13-5-3-4-10(2)17)14-6-7-16(11)15-9/h6-8,10,17H,3-5H2,1-2H3,(H,13,14). The fourth-order valence-corrected chi connectivity index (χ4v) is 1.78. The molecule has 0 saturated heterocycles. The molecule has 0 saturated carbocycles. The Labute approximate surface area is 100 Å². The number of fused-ring (bicyclic) bond motifs is 1. The molecule has 0 fully saturated rings. The van der Waals surface area contributed by atoms with Crippen LogP contribution in [0.2, 0.25) is 0 Å². The molecule has 2 N–H and O–H groups in total. The summed E-state index contributed by atoms with van der Waals surface area (Å²) in [6.07, 6.45) is 5.06. The van der Waals surface area contributed by atoms with E-state index in [4.69, 9.17) is 5.11 Å². The summed E-state index contributed by atoms with van der Waals surface area (Å²) in [4.78, 5) is 4.30. The van der Waals surface area contributed by atoms with E-state index < -0.39 is 0 Å². The van der Waals surface area contributed by atoms with Gasteiger partial charge in [0.1, 0.15) is 5.52 Å². The number of anilines is 1. The Balaban J connectivity index is 2.03. The fourth-order valence-electron chi connectivity index (χ4n) is 1.78. The van der Waals surface area contributed by atoms with Gasteiger partial charge in [-0.05, 0) is 32.8 Å². The molecule has 2 aromatic heterocycles. The SMILES string of the molecule is Cc1cc2c(NCCCC(C)O)nccn2n1. The molecule has 1 unspecified atom stereocenters. The molecule has 2 rings (SSSR count). The Morgan fingerprint density at radius 1 is 1.53 bits per heavy atom. The molecule has 5 heteroatoms. The molecule has 0 aliphatic rings. The normalized spacial score (nSPS) is 12.9. The predicted octanol–water partition coefficient (Wildman–Crippen LogP) is 1.61. The number of aliphatic hydroxyl groups is 1. The van der Waals surface area contributed by atoms with Crippen LogP contribution in [0.1, 0.15) is 25.5 Å². The highest BCUT2D eigenvalue weighted by atomic mass is 16.3. The van der Waals surface area contributed by atoms with Crippen LogP contribution in [0, 0.1) is 6.92 Å². The van der Waals surface area contributed by atoms with E-state index in [0.29, 0.717) is 0 Å². The van der Waals surface area contributed by atoms with Gasteiger partial charge in [-0.3, -0.25) is 0 Å². The molecule has 0 spiro atoms. The third kappa shape index (κ3) is 2.94. The smallest absolute Gasteiger partial charge is 0.152 e. The molecular weight excluding hydrogens is 216 g/mol. The number of aryl methyl sites for hydroxylation is 1. The molecule has 0 radical (unpaired) electrons. The number of rotatable bonds is 5. The van der Waals surface area contributed by atoms with Gasteiger partial charge in [0.15, 0.2) is 5.82 Å². The van der Waals surface area contributed by atoms with E-state index in [1.165, 1.54) is 0 Å². The molecule has 0 aliphatic carbocycles. The quantitative estimate of drug-likeness (QED) is 0.771. The second-order valence-electron chi connectivity index (χ2n) is 4.31. The first-order valence-electron chi connectivity index (χ1n) is 5.90. The largest absolute Gasteiger partial charge is 0.393 e. The van der Waals surface area contributed by atoms with Crippen molar-refractivity contribution in [2.75, 3.05) is 11.9 Å². The molecule has 5 nitrogen and oxygen atoms in total. The van der Waals surface area contributed by atoms with E-state index in [1.54, 1.807) is 13.1 Å². The van der Waals surface area contributed by atoms with Crippen LogP contribution in [0.3, 0.4) is 0 Å². The lowest BCUT2D eigenvalue weighted by atomic mass is 10.2. The summed E-state index contributed by atoms with van der Waals surface area (Å²) in [7, 11) is 0. The van der Waals surface area contributed by atoms with E-state index >= 15 is 0 Å². The molecule has 92 valence electrons. The van der Waals surface area contributed by atoms with Gasteiger partial charge in [-0.1, -0.05) is 0 Å². The van der Waals surface area contributed by atoms with E-state index in [1.807, 2.05) is 23.7 Å². The van der Waals surface area contributed by atoms with Gasteiger partial charge in [-0.15, -0.1) is 0 Å². The Kier molecular flexibility index (Phi) is 3.58. The fraction of sp³-hybridized carbons (Fsp3) is 0.500. The van der Waals surface area contributed by atoms with Gasteiger partial charge in [0.2, 0.25) is 0 Å². The van der Waals surface area contributed by atoms with Crippen molar-refractivity contribution in [1.82, 2.24) is 14.6 Å². The summed E-state index contributed by atoms with van der Waals surface area (Å²) < 4.78 is 1.82. The zero-order chi connectivity index (χ0) is 12.3. The number of nitrogens with one attached hydrogen (secondary N) is 1. The summed E-state index contributed by atoms with van der Waals surface area (Å²) in [5, 5.41) is 16.8. The first-order valence-corrected chi connectivity index (χ1v) is 5.90.